The number of carbonyl (C=O) groups excluding carboxylic acids is 2. The van der Waals surface area contributed by atoms with Crippen LogP contribution in [0.25, 0.3) is 11.1 Å². The first-order chi connectivity index (χ1) is 28.0. The zero-order valence-corrected chi connectivity index (χ0v) is 34.1. The van der Waals surface area contributed by atoms with Crippen LogP contribution in [0.5, 0.6) is 11.5 Å². The lowest BCUT2D eigenvalue weighted by molar-refractivity contribution is -0.113. The molecule has 2 aliphatic heterocycles. The standard InChI is InChI=1S/C26H34N2O2.C23H28N2O2/c1-2-3-4-5-8-20-30-22-16-14-21(15-17-22)10-9-12-24-23-11-6-7-13-25(23)28(19-18-27)26(24)29;1-2-3-17-27-19-13-11-18(12-14-19)7-6-9-21-20-8-4-5-10-22(20)25(16-15-24)23(21)26/h6-7,11-17H,2-5,8-10,18-20,27H2,1H3;4-5,8-14H,2-3,6-7,15-17,24H2,1H3/b24-12+;21-9+. The van der Waals surface area contributed by atoms with Gasteiger partial charge in [0.1, 0.15) is 11.5 Å². The Morgan fingerprint density at radius 2 is 0.947 bits per heavy atom. The van der Waals surface area contributed by atoms with Crippen molar-refractivity contribution in [2.45, 2.75) is 84.5 Å². The minimum absolute atomic E-state index is 0.0568. The van der Waals surface area contributed by atoms with Crippen LogP contribution in [0.15, 0.2) is 109 Å². The van der Waals surface area contributed by atoms with Crippen LogP contribution >= 0.6 is 0 Å². The van der Waals surface area contributed by atoms with E-state index < -0.39 is 0 Å². The SMILES string of the molecule is CCCCCCCOc1ccc(CC/C=C2/C(=O)N(CCN)c3ccccc32)cc1.CCCCOc1ccc(CC/C=C2/C(=O)N(CCN)c3ccccc32)cc1. The second-order valence-corrected chi connectivity index (χ2v) is 14.6. The number of benzene rings is 4. The number of hydrogen-bond acceptors (Lipinski definition) is 6. The van der Waals surface area contributed by atoms with E-state index >= 15 is 0 Å². The molecule has 6 rings (SSSR count). The highest BCUT2D eigenvalue weighted by atomic mass is 16.5. The van der Waals surface area contributed by atoms with Gasteiger partial charge in [0.25, 0.3) is 11.8 Å². The van der Waals surface area contributed by atoms with Crippen molar-refractivity contribution in [3.8, 4) is 11.5 Å². The number of fused-ring (bicyclic) bond motifs is 2. The largest absolute Gasteiger partial charge is 0.494 e. The summed E-state index contributed by atoms with van der Waals surface area (Å²) in [6, 6.07) is 32.5. The quantitative estimate of drug-likeness (QED) is 0.0645. The summed E-state index contributed by atoms with van der Waals surface area (Å²) in [5.74, 6) is 1.97. The molecule has 4 aromatic rings. The van der Waals surface area contributed by atoms with Crippen molar-refractivity contribution in [2.75, 3.05) is 49.2 Å². The summed E-state index contributed by atoms with van der Waals surface area (Å²) in [4.78, 5) is 29.1. The van der Waals surface area contributed by atoms with Gasteiger partial charge < -0.3 is 30.7 Å². The van der Waals surface area contributed by atoms with E-state index in [0.29, 0.717) is 26.2 Å². The topological polar surface area (TPSA) is 111 Å². The molecule has 0 fully saturated rings. The number of allylic oxidation sites excluding steroid dienone is 2. The molecule has 0 saturated heterocycles. The van der Waals surface area contributed by atoms with Crippen molar-refractivity contribution in [1.29, 1.82) is 0 Å². The normalized spacial score (nSPS) is 14.5. The predicted molar refractivity (Wildman–Crippen MR) is 236 cm³/mol. The van der Waals surface area contributed by atoms with Crippen molar-refractivity contribution in [1.82, 2.24) is 0 Å². The molecule has 0 saturated carbocycles. The third kappa shape index (κ3) is 12.2. The maximum atomic E-state index is 12.8. The van der Waals surface area contributed by atoms with E-state index in [1.807, 2.05) is 72.8 Å². The number of aryl methyl sites for hydroxylation is 2. The average molecular weight is 771 g/mol. The summed E-state index contributed by atoms with van der Waals surface area (Å²) >= 11 is 0. The molecule has 0 unspecified atom stereocenters. The molecule has 4 N–H and O–H groups in total. The number of nitrogens with two attached hydrogens (primary N) is 2. The van der Waals surface area contributed by atoms with Crippen LogP contribution in [0, 0.1) is 0 Å². The molecule has 0 aromatic heterocycles. The summed E-state index contributed by atoms with van der Waals surface area (Å²) in [6.45, 7) is 7.96. The summed E-state index contributed by atoms with van der Waals surface area (Å²) < 4.78 is 11.5. The molecular formula is C49H62N4O4. The Morgan fingerprint density at radius 3 is 1.39 bits per heavy atom. The van der Waals surface area contributed by atoms with Crippen molar-refractivity contribution < 1.29 is 19.1 Å². The number of amides is 2. The van der Waals surface area contributed by atoms with Crippen LogP contribution < -0.4 is 30.7 Å². The fourth-order valence-electron chi connectivity index (χ4n) is 7.21. The zero-order chi connectivity index (χ0) is 40.2. The van der Waals surface area contributed by atoms with Crippen molar-refractivity contribution in [2.24, 2.45) is 11.5 Å². The van der Waals surface area contributed by atoms with E-state index in [4.69, 9.17) is 20.9 Å². The fourth-order valence-corrected chi connectivity index (χ4v) is 7.21. The molecule has 8 nitrogen and oxygen atoms in total. The van der Waals surface area contributed by atoms with Crippen LogP contribution in [-0.2, 0) is 22.4 Å². The van der Waals surface area contributed by atoms with Gasteiger partial charge in [-0.15, -0.1) is 0 Å². The zero-order valence-electron chi connectivity index (χ0n) is 34.1. The molecule has 0 atom stereocenters. The monoisotopic (exact) mass is 770 g/mol. The van der Waals surface area contributed by atoms with Gasteiger partial charge in [-0.3, -0.25) is 9.59 Å². The van der Waals surface area contributed by atoms with Crippen LogP contribution in [0.2, 0.25) is 0 Å². The van der Waals surface area contributed by atoms with E-state index in [9.17, 15) is 9.59 Å². The Balaban J connectivity index is 0.000000219. The Labute approximate surface area is 340 Å². The first-order valence-corrected chi connectivity index (χ1v) is 21.0. The summed E-state index contributed by atoms with van der Waals surface area (Å²) in [5.41, 5.74) is 19.4. The third-order valence-electron chi connectivity index (χ3n) is 10.3. The van der Waals surface area contributed by atoms with Gasteiger partial charge in [0, 0.05) is 48.5 Å². The van der Waals surface area contributed by atoms with E-state index in [2.05, 4.69) is 50.3 Å². The first kappa shape index (κ1) is 43.0. The number of nitrogens with zero attached hydrogens (tertiary/aromatic N) is 2. The average Bonchev–Trinajstić information content (AvgIpc) is 3.66. The first-order valence-electron chi connectivity index (χ1n) is 21.0. The highest BCUT2D eigenvalue weighted by Crippen LogP contribution is 2.37. The highest BCUT2D eigenvalue weighted by Gasteiger charge is 2.32. The van der Waals surface area contributed by atoms with Crippen LogP contribution in [0.1, 0.15) is 93.9 Å². The Bertz CT molecular complexity index is 1920. The lowest BCUT2D eigenvalue weighted by Crippen LogP contribution is -2.31. The van der Waals surface area contributed by atoms with Crippen LogP contribution in [-0.4, -0.2) is 51.2 Å². The van der Waals surface area contributed by atoms with E-state index in [-0.39, 0.29) is 11.8 Å². The summed E-state index contributed by atoms with van der Waals surface area (Å²) in [7, 11) is 0. The van der Waals surface area contributed by atoms with Crippen molar-refractivity contribution in [3.63, 3.8) is 0 Å². The molecule has 2 amide bonds. The number of hydrogen-bond donors (Lipinski definition) is 2. The molecule has 4 aromatic carbocycles. The lowest BCUT2D eigenvalue weighted by atomic mass is 10.0. The van der Waals surface area contributed by atoms with Gasteiger partial charge in [-0.1, -0.05) is 119 Å². The lowest BCUT2D eigenvalue weighted by Gasteiger charge is -2.15. The number of carbonyl (C=O) groups is 2. The smallest absolute Gasteiger partial charge is 0.258 e. The molecular weight excluding hydrogens is 709 g/mol. The predicted octanol–water partition coefficient (Wildman–Crippen LogP) is 9.54. The van der Waals surface area contributed by atoms with Gasteiger partial charge in [0.05, 0.1) is 24.6 Å². The Kier molecular flexibility index (Phi) is 17.4. The van der Waals surface area contributed by atoms with Gasteiger partial charge in [-0.05, 0) is 86.1 Å². The van der Waals surface area contributed by atoms with Crippen LogP contribution in [0.3, 0.4) is 0 Å². The number of anilines is 2. The molecule has 0 spiro atoms. The summed E-state index contributed by atoms with van der Waals surface area (Å²) in [5, 5.41) is 0. The van der Waals surface area contributed by atoms with E-state index in [0.717, 1.165) is 103 Å². The van der Waals surface area contributed by atoms with Gasteiger partial charge in [-0.2, -0.15) is 0 Å². The van der Waals surface area contributed by atoms with Gasteiger partial charge in [0.2, 0.25) is 0 Å². The maximum Gasteiger partial charge on any atom is 0.258 e. The second kappa shape index (κ2) is 23.1. The minimum atomic E-state index is 0.0568. The number of unbranched alkanes of at least 4 members (excludes halogenated alkanes) is 5. The third-order valence-corrected chi connectivity index (χ3v) is 10.3. The Morgan fingerprint density at radius 1 is 0.526 bits per heavy atom. The number of para-hydroxylation sites is 2. The number of ether oxygens (including phenoxy) is 2. The van der Waals surface area contributed by atoms with Crippen molar-refractivity contribution >= 4 is 34.3 Å². The van der Waals surface area contributed by atoms with E-state index in [1.54, 1.807) is 9.80 Å². The van der Waals surface area contributed by atoms with Gasteiger partial charge in [-0.25, -0.2) is 0 Å². The summed E-state index contributed by atoms with van der Waals surface area (Å²) in [6.07, 6.45) is 16.0. The molecule has 0 aliphatic carbocycles. The molecule has 302 valence electrons. The molecule has 0 bridgehead atoms. The number of rotatable bonds is 21. The molecule has 8 heteroatoms. The van der Waals surface area contributed by atoms with Crippen LogP contribution in [0.4, 0.5) is 11.4 Å². The Hall–Kier alpha value is -5.18. The second-order valence-electron chi connectivity index (χ2n) is 14.6. The molecule has 57 heavy (non-hydrogen) atoms. The van der Waals surface area contributed by atoms with Gasteiger partial charge in [0.15, 0.2) is 0 Å². The minimum Gasteiger partial charge on any atom is -0.494 e. The maximum absolute atomic E-state index is 12.8. The molecule has 2 heterocycles. The van der Waals surface area contributed by atoms with Gasteiger partial charge >= 0.3 is 0 Å². The highest BCUT2D eigenvalue weighted by molar-refractivity contribution is 6.33. The van der Waals surface area contributed by atoms with E-state index in [1.165, 1.54) is 36.8 Å². The van der Waals surface area contributed by atoms with Crippen molar-refractivity contribution in [3.05, 3.63) is 131 Å². The fraction of sp³-hybridized carbons (Fsp3) is 0.388. The molecule has 0 radical (unpaired) electrons. The molecule has 2 aliphatic rings.